The molecule has 3 nitrogen and oxygen atoms in total. The summed E-state index contributed by atoms with van der Waals surface area (Å²) in [7, 11) is -0.584. The van der Waals surface area contributed by atoms with E-state index in [9.17, 15) is 0 Å². The maximum Gasteiger partial charge on any atom is 0.124 e. The molecule has 0 bridgehead atoms. The van der Waals surface area contributed by atoms with Gasteiger partial charge in [0.05, 0.1) is 17.6 Å². The van der Waals surface area contributed by atoms with Gasteiger partial charge in [-0.25, -0.2) is 4.98 Å². The highest BCUT2D eigenvalue weighted by atomic mass is 31.1. The molecule has 0 saturated heterocycles. The summed E-state index contributed by atoms with van der Waals surface area (Å²) in [5, 5.41) is 8.13. The summed E-state index contributed by atoms with van der Waals surface area (Å²) in [6.45, 7) is 7.52. The molecule has 1 aliphatic carbocycles. The zero-order valence-electron chi connectivity index (χ0n) is 20.1. The molecule has 4 aromatic rings. The first kappa shape index (κ1) is 22.8. The smallest absolute Gasteiger partial charge is 0.124 e. The van der Waals surface area contributed by atoms with Crippen LogP contribution in [-0.4, -0.2) is 15.6 Å². The van der Waals surface area contributed by atoms with Crippen molar-refractivity contribution in [3.05, 3.63) is 114 Å². The molecule has 3 aromatic carbocycles. The van der Waals surface area contributed by atoms with Gasteiger partial charge in [-0.2, -0.15) is 0 Å². The highest BCUT2D eigenvalue weighted by Gasteiger charge is 2.29. The van der Waals surface area contributed by atoms with Gasteiger partial charge in [0.15, 0.2) is 0 Å². The van der Waals surface area contributed by atoms with Crippen molar-refractivity contribution in [2.45, 2.75) is 39.4 Å². The second-order valence-electron chi connectivity index (χ2n) is 9.16. The molecule has 1 N–H and O–H groups in total. The molecule has 0 radical (unpaired) electrons. The number of hydrogen-bond acceptors (Lipinski definition) is 2. The average Bonchev–Trinajstić information content (AvgIpc) is 3.49. The standard InChI is InChI=1S/C30H32N3P/c1-22(2)33-28-19-11-10-18-27(28)32-30(33)21-31-23(3)26-17-12-20-29(26)34(24-13-6-4-7-14-24)25-15-8-5-9-16-25/h4-20,22-23,26,31H,21H2,1-3H3/t23-,26?/m0/s1. The first-order valence-electron chi connectivity index (χ1n) is 12.1. The van der Waals surface area contributed by atoms with Crippen LogP contribution in [0.25, 0.3) is 11.0 Å². The number of nitrogens with zero attached hydrogens (tertiary/aromatic N) is 2. The van der Waals surface area contributed by atoms with Crippen molar-refractivity contribution >= 4 is 29.6 Å². The minimum atomic E-state index is -0.584. The lowest BCUT2D eigenvalue weighted by molar-refractivity contribution is 0.463. The molecule has 0 amide bonds. The molecule has 0 aliphatic heterocycles. The number of fused-ring (bicyclic) bond motifs is 1. The summed E-state index contributed by atoms with van der Waals surface area (Å²) in [5.41, 5.74) is 2.28. The zero-order chi connectivity index (χ0) is 23.5. The number of benzene rings is 3. The highest BCUT2D eigenvalue weighted by molar-refractivity contribution is 7.76. The number of para-hydroxylation sites is 2. The van der Waals surface area contributed by atoms with Crippen molar-refractivity contribution in [2.75, 3.05) is 0 Å². The Morgan fingerprint density at radius 3 is 2.12 bits per heavy atom. The van der Waals surface area contributed by atoms with Crippen molar-refractivity contribution < 1.29 is 0 Å². The monoisotopic (exact) mass is 465 g/mol. The van der Waals surface area contributed by atoms with E-state index in [-0.39, 0.29) is 0 Å². The van der Waals surface area contributed by atoms with Crippen molar-refractivity contribution in [1.29, 1.82) is 0 Å². The molecule has 34 heavy (non-hydrogen) atoms. The lowest BCUT2D eigenvalue weighted by Crippen LogP contribution is -2.34. The minimum Gasteiger partial charge on any atom is -0.324 e. The maximum atomic E-state index is 4.95. The lowest BCUT2D eigenvalue weighted by atomic mass is 10.0. The SMILES string of the molecule is CC(C)n1c(CN[C@@H](C)C2C=CC=C2P(c2ccccc2)c2ccccc2)nc2ccccc21. The van der Waals surface area contributed by atoms with E-state index in [2.05, 4.69) is 134 Å². The normalized spacial score (nSPS) is 16.5. The van der Waals surface area contributed by atoms with Gasteiger partial charge in [-0.15, -0.1) is 0 Å². The topological polar surface area (TPSA) is 29.9 Å². The quantitative estimate of drug-likeness (QED) is 0.310. The number of imidazole rings is 1. The van der Waals surface area contributed by atoms with Gasteiger partial charge in [0.1, 0.15) is 5.82 Å². The third kappa shape index (κ3) is 4.51. The minimum absolute atomic E-state index is 0.294. The molecule has 0 fully saturated rings. The summed E-state index contributed by atoms with van der Waals surface area (Å²) in [5.74, 6) is 1.45. The predicted octanol–water partition coefficient (Wildman–Crippen LogP) is 6.30. The van der Waals surface area contributed by atoms with Gasteiger partial charge >= 0.3 is 0 Å². The first-order chi connectivity index (χ1) is 16.6. The molecule has 0 saturated carbocycles. The Labute approximate surface area is 204 Å². The van der Waals surface area contributed by atoms with Gasteiger partial charge in [0.25, 0.3) is 0 Å². The third-order valence-electron chi connectivity index (χ3n) is 6.52. The van der Waals surface area contributed by atoms with Crippen LogP contribution in [0.2, 0.25) is 0 Å². The molecular weight excluding hydrogens is 433 g/mol. The third-order valence-corrected chi connectivity index (χ3v) is 9.11. The molecule has 5 rings (SSSR count). The second-order valence-corrected chi connectivity index (χ2v) is 11.4. The molecule has 1 aliphatic rings. The lowest BCUT2D eigenvalue weighted by Gasteiger charge is -2.29. The Balaban J connectivity index is 1.40. The number of hydrogen-bond donors (Lipinski definition) is 1. The highest BCUT2D eigenvalue weighted by Crippen LogP contribution is 2.49. The van der Waals surface area contributed by atoms with E-state index in [0.29, 0.717) is 18.0 Å². The van der Waals surface area contributed by atoms with E-state index >= 15 is 0 Å². The number of allylic oxidation sites excluding steroid dienone is 2. The summed E-state index contributed by atoms with van der Waals surface area (Å²) in [4.78, 5) is 4.95. The maximum absolute atomic E-state index is 4.95. The van der Waals surface area contributed by atoms with Gasteiger partial charge in [0, 0.05) is 18.0 Å². The van der Waals surface area contributed by atoms with E-state index in [1.54, 1.807) is 0 Å². The predicted molar refractivity (Wildman–Crippen MR) is 146 cm³/mol. The van der Waals surface area contributed by atoms with Crippen molar-refractivity contribution in [2.24, 2.45) is 5.92 Å². The number of rotatable bonds is 8. The number of aromatic nitrogens is 2. The summed E-state index contributed by atoms with van der Waals surface area (Å²) < 4.78 is 2.36. The van der Waals surface area contributed by atoms with Crippen LogP contribution in [0.5, 0.6) is 0 Å². The summed E-state index contributed by atoms with van der Waals surface area (Å²) in [6, 6.07) is 31.0. The Kier molecular flexibility index (Phi) is 6.76. The van der Waals surface area contributed by atoms with E-state index in [1.807, 2.05) is 0 Å². The van der Waals surface area contributed by atoms with Crippen LogP contribution in [0.3, 0.4) is 0 Å². The van der Waals surface area contributed by atoms with Crippen LogP contribution in [0.4, 0.5) is 0 Å². The van der Waals surface area contributed by atoms with E-state index in [1.165, 1.54) is 21.4 Å². The van der Waals surface area contributed by atoms with E-state index in [4.69, 9.17) is 4.98 Å². The van der Waals surface area contributed by atoms with Gasteiger partial charge < -0.3 is 9.88 Å². The van der Waals surface area contributed by atoms with E-state index < -0.39 is 7.92 Å². The fourth-order valence-electron chi connectivity index (χ4n) is 4.91. The van der Waals surface area contributed by atoms with Crippen molar-refractivity contribution in [3.8, 4) is 0 Å². The van der Waals surface area contributed by atoms with Gasteiger partial charge in [-0.1, -0.05) is 91.0 Å². The van der Waals surface area contributed by atoms with Crippen molar-refractivity contribution in [3.63, 3.8) is 0 Å². The Hall–Kier alpha value is -3.00. The molecule has 1 unspecified atom stereocenters. The Morgan fingerprint density at radius 1 is 0.853 bits per heavy atom. The number of nitrogens with one attached hydrogen (secondary N) is 1. The molecule has 4 heteroatoms. The van der Waals surface area contributed by atoms with Gasteiger partial charge in [-0.3, -0.25) is 0 Å². The van der Waals surface area contributed by atoms with Crippen LogP contribution < -0.4 is 15.9 Å². The Morgan fingerprint density at radius 2 is 1.47 bits per heavy atom. The van der Waals surface area contributed by atoms with E-state index in [0.717, 1.165) is 17.9 Å². The fourth-order valence-corrected chi connectivity index (χ4v) is 7.58. The molecular formula is C30H32N3P. The fraction of sp³-hybridized carbons (Fsp3) is 0.233. The molecule has 0 spiro atoms. The Bertz CT molecular complexity index is 1270. The van der Waals surface area contributed by atoms with Crippen LogP contribution in [-0.2, 0) is 6.54 Å². The van der Waals surface area contributed by atoms with Crippen molar-refractivity contribution in [1.82, 2.24) is 14.9 Å². The molecule has 1 aromatic heterocycles. The average molecular weight is 466 g/mol. The zero-order valence-corrected chi connectivity index (χ0v) is 21.0. The second kappa shape index (κ2) is 10.1. The largest absolute Gasteiger partial charge is 0.324 e. The van der Waals surface area contributed by atoms with Crippen LogP contribution >= 0.6 is 7.92 Å². The van der Waals surface area contributed by atoms with Gasteiger partial charge in [-0.05, 0) is 56.7 Å². The molecule has 172 valence electrons. The van der Waals surface area contributed by atoms with Crippen LogP contribution in [0.15, 0.2) is 108 Å². The summed E-state index contributed by atoms with van der Waals surface area (Å²) in [6.07, 6.45) is 6.94. The molecule has 2 atom stereocenters. The van der Waals surface area contributed by atoms with Crippen LogP contribution in [0.1, 0.15) is 32.6 Å². The summed E-state index contributed by atoms with van der Waals surface area (Å²) >= 11 is 0. The first-order valence-corrected chi connectivity index (χ1v) is 13.5. The van der Waals surface area contributed by atoms with Crippen LogP contribution in [0, 0.1) is 5.92 Å². The van der Waals surface area contributed by atoms with Gasteiger partial charge in [0.2, 0.25) is 0 Å². The molecule has 1 heterocycles.